The monoisotopic (exact) mass is 278 g/mol. The predicted octanol–water partition coefficient (Wildman–Crippen LogP) is 2.11. The third kappa shape index (κ3) is 5.61. The second-order valence-electron chi connectivity index (χ2n) is 6.24. The second-order valence-corrected chi connectivity index (χ2v) is 6.24. The highest BCUT2D eigenvalue weighted by atomic mass is 16.3. The maximum atomic E-state index is 12.0. The number of nitrogens with two attached hydrogens (primary N) is 1. The van der Waals surface area contributed by atoms with Crippen molar-refractivity contribution in [2.75, 3.05) is 12.3 Å². The molecule has 0 saturated heterocycles. The molecule has 1 amide bonds. The molecule has 1 unspecified atom stereocenters. The van der Waals surface area contributed by atoms with E-state index in [0.29, 0.717) is 19.3 Å². The summed E-state index contributed by atoms with van der Waals surface area (Å²) in [5.41, 5.74) is 7.40. The van der Waals surface area contributed by atoms with E-state index in [4.69, 9.17) is 10.8 Å². The van der Waals surface area contributed by atoms with Crippen molar-refractivity contribution in [2.45, 2.75) is 46.1 Å². The molecule has 0 heterocycles. The first-order valence-corrected chi connectivity index (χ1v) is 7.07. The van der Waals surface area contributed by atoms with Crippen LogP contribution in [0.25, 0.3) is 0 Å². The average Bonchev–Trinajstić information content (AvgIpc) is 2.36. The fraction of sp³-hybridized carbons (Fsp3) is 0.562. The highest BCUT2D eigenvalue weighted by molar-refractivity contribution is 5.76. The van der Waals surface area contributed by atoms with Crippen molar-refractivity contribution in [3.05, 3.63) is 29.8 Å². The Morgan fingerprint density at radius 1 is 1.30 bits per heavy atom. The largest absolute Gasteiger partial charge is 0.399 e. The van der Waals surface area contributed by atoms with Crippen molar-refractivity contribution >= 4 is 11.6 Å². The molecule has 0 aliphatic heterocycles. The Hall–Kier alpha value is -1.55. The lowest BCUT2D eigenvalue weighted by atomic mass is 9.85. The number of benzene rings is 1. The zero-order valence-electron chi connectivity index (χ0n) is 12.6. The van der Waals surface area contributed by atoms with Crippen LogP contribution in [0.4, 0.5) is 5.69 Å². The van der Waals surface area contributed by atoms with Crippen LogP contribution < -0.4 is 11.1 Å². The first kappa shape index (κ1) is 16.5. The second kappa shape index (κ2) is 7.29. The normalized spacial score (nSPS) is 13.0. The van der Waals surface area contributed by atoms with Crippen molar-refractivity contribution < 1.29 is 9.90 Å². The van der Waals surface area contributed by atoms with Gasteiger partial charge in [-0.15, -0.1) is 0 Å². The van der Waals surface area contributed by atoms with Crippen molar-refractivity contribution in [2.24, 2.45) is 5.41 Å². The molecule has 0 aliphatic carbocycles. The number of aliphatic hydroxyl groups excluding tert-OH is 1. The molecule has 1 atom stereocenters. The number of aryl methyl sites for hydroxylation is 1. The molecule has 1 rings (SSSR count). The van der Waals surface area contributed by atoms with E-state index in [1.54, 1.807) is 0 Å². The molecule has 4 N–H and O–H groups in total. The number of aliphatic hydroxyl groups is 1. The molecule has 1 aromatic carbocycles. The number of carbonyl (C=O) groups excluding carboxylic acids is 1. The Morgan fingerprint density at radius 2 is 1.90 bits per heavy atom. The number of carbonyl (C=O) groups is 1. The Morgan fingerprint density at radius 3 is 2.40 bits per heavy atom. The van der Waals surface area contributed by atoms with Crippen LogP contribution in [-0.2, 0) is 11.2 Å². The van der Waals surface area contributed by atoms with E-state index in [1.165, 1.54) is 0 Å². The summed E-state index contributed by atoms with van der Waals surface area (Å²) in [5, 5.41) is 12.1. The minimum Gasteiger partial charge on any atom is -0.399 e. The summed E-state index contributed by atoms with van der Waals surface area (Å²) in [6, 6.07) is 7.56. The molecule has 0 bridgehead atoms. The molecular formula is C16H26N2O2. The van der Waals surface area contributed by atoms with Crippen molar-refractivity contribution in [1.29, 1.82) is 0 Å². The highest BCUT2D eigenvalue weighted by Crippen LogP contribution is 2.21. The minimum atomic E-state index is -0.0560. The molecule has 0 aromatic heterocycles. The lowest BCUT2D eigenvalue weighted by Gasteiger charge is -2.31. The van der Waals surface area contributed by atoms with Gasteiger partial charge in [-0.2, -0.15) is 0 Å². The van der Waals surface area contributed by atoms with Gasteiger partial charge in [0.1, 0.15) is 0 Å². The molecule has 1 aromatic rings. The average molecular weight is 278 g/mol. The number of hydrogen-bond acceptors (Lipinski definition) is 3. The fourth-order valence-corrected chi connectivity index (χ4v) is 2.06. The van der Waals surface area contributed by atoms with Crippen LogP contribution in [0.15, 0.2) is 24.3 Å². The molecule has 112 valence electrons. The van der Waals surface area contributed by atoms with Gasteiger partial charge in [-0.25, -0.2) is 0 Å². The molecule has 0 radical (unpaired) electrons. The molecule has 0 fully saturated rings. The third-order valence-corrected chi connectivity index (χ3v) is 3.42. The van der Waals surface area contributed by atoms with Crippen LogP contribution in [0.5, 0.6) is 0 Å². The smallest absolute Gasteiger partial charge is 0.220 e. The first-order valence-electron chi connectivity index (χ1n) is 7.07. The van der Waals surface area contributed by atoms with Crippen molar-refractivity contribution in [1.82, 2.24) is 5.32 Å². The Labute approximate surface area is 121 Å². The summed E-state index contributed by atoms with van der Waals surface area (Å²) < 4.78 is 0. The van der Waals surface area contributed by atoms with Crippen LogP contribution in [0.2, 0.25) is 0 Å². The summed E-state index contributed by atoms with van der Waals surface area (Å²) in [6.07, 6.45) is 1.72. The van der Waals surface area contributed by atoms with Gasteiger partial charge in [0.2, 0.25) is 5.91 Å². The van der Waals surface area contributed by atoms with Gasteiger partial charge in [0.25, 0.3) is 0 Å². The number of rotatable bonds is 6. The number of hydrogen-bond donors (Lipinski definition) is 3. The van der Waals surface area contributed by atoms with Gasteiger partial charge in [-0.1, -0.05) is 32.9 Å². The summed E-state index contributed by atoms with van der Waals surface area (Å²) in [4.78, 5) is 12.0. The zero-order valence-corrected chi connectivity index (χ0v) is 12.6. The van der Waals surface area contributed by atoms with E-state index in [9.17, 15) is 4.79 Å². The van der Waals surface area contributed by atoms with Gasteiger partial charge in [0.15, 0.2) is 0 Å². The minimum absolute atomic E-state index is 0.00795. The molecule has 4 nitrogen and oxygen atoms in total. The Balaban J connectivity index is 2.47. The Kier molecular flexibility index (Phi) is 6.02. The lowest BCUT2D eigenvalue weighted by molar-refractivity contribution is -0.122. The SMILES string of the molecule is CC(C)(C)C(CCO)NC(=O)CCc1ccc(N)cc1. The van der Waals surface area contributed by atoms with E-state index >= 15 is 0 Å². The number of nitrogen functional groups attached to an aromatic ring is 1. The standard InChI is InChI=1S/C16H26N2O2/c1-16(2,3)14(10-11-19)18-15(20)9-6-12-4-7-13(17)8-5-12/h4-5,7-8,14,19H,6,9-11,17H2,1-3H3,(H,18,20). The summed E-state index contributed by atoms with van der Waals surface area (Å²) in [5.74, 6) is 0.0233. The molecule has 0 spiro atoms. The van der Waals surface area contributed by atoms with Crippen molar-refractivity contribution in [3.63, 3.8) is 0 Å². The maximum absolute atomic E-state index is 12.0. The van der Waals surface area contributed by atoms with E-state index in [1.807, 2.05) is 24.3 Å². The van der Waals surface area contributed by atoms with Gasteiger partial charge in [0, 0.05) is 24.8 Å². The van der Waals surface area contributed by atoms with Crippen LogP contribution in [0, 0.1) is 5.41 Å². The van der Waals surface area contributed by atoms with E-state index in [-0.39, 0.29) is 24.0 Å². The molecular weight excluding hydrogens is 252 g/mol. The number of nitrogens with one attached hydrogen (secondary N) is 1. The summed E-state index contributed by atoms with van der Waals surface area (Å²) in [6.45, 7) is 6.27. The highest BCUT2D eigenvalue weighted by Gasteiger charge is 2.25. The first-order chi connectivity index (χ1) is 9.32. The summed E-state index contributed by atoms with van der Waals surface area (Å²) in [7, 11) is 0. The van der Waals surface area contributed by atoms with Crippen LogP contribution >= 0.6 is 0 Å². The molecule has 0 aliphatic rings. The quantitative estimate of drug-likeness (QED) is 0.698. The van der Waals surface area contributed by atoms with E-state index in [0.717, 1.165) is 11.3 Å². The van der Waals surface area contributed by atoms with Gasteiger partial charge in [-0.05, 0) is 36.0 Å². The van der Waals surface area contributed by atoms with Crippen LogP contribution in [-0.4, -0.2) is 23.7 Å². The van der Waals surface area contributed by atoms with Crippen LogP contribution in [0.3, 0.4) is 0 Å². The van der Waals surface area contributed by atoms with Gasteiger partial charge in [0.05, 0.1) is 0 Å². The van der Waals surface area contributed by atoms with Gasteiger partial charge < -0.3 is 16.2 Å². The topological polar surface area (TPSA) is 75.3 Å². The number of amides is 1. The van der Waals surface area contributed by atoms with Gasteiger partial charge >= 0.3 is 0 Å². The van der Waals surface area contributed by atoms with E-state index < -0.39 is 0 Å². The van der Waals surface area contributed by atoms with Crippen LogP contribution in [0.1, 0.15) is 39.2 Å². The van der Waals surface area contributed by atoms with Gasteiger partial charge in [-0.3, -0.25) is 4.79 Å². The fourth-order valence-electron chi connectivity index (χ4n) is 2.06. The third-order valence-electron chi connectivity index (χ3n) is 3.42. The predicted molar refractivity (Wildman–Crippen MR) is 82.3 cm³/mol. The maximum Gasteiger partial charge on any atom is 0.220 e. The summed E-state index contributed by atoms with van der Waals surface area (Å²) >= 11 is 0. The Bertz CT molecular complexity index is 421. The molecule has 4 heteroatoms. The molecule has 20 heavy (non-hydrogen) atoms. The zero-order chi connectivity index (χ0) is 15.2. The van der Waals surface area contributed by atoms with Crippen molar-refractivity contribution in [3.8, 4) is 0 Å². The molecule has 0 saturated carbocycles. The van der Waals surface area contributed by atoms with E-state index in [2.05, 4.69) is 26.1 Å². The number of anilines is 1. The lowest BCUT2D eigenvalue weighted by Crippen LogP contribution is -2.44.